The van der Waals surface area contributed by atoms with Crippen LogP contribution < -0.4 is 10.6 Å². The van der Waals surface area contributed by atoms with Gasteiger partial charge in [-0.25, -0.2) is 0 Å². The Morgan fingerprint density at radius 3 is 2.94 bits per heavy atom. The topological polar surface area (TPSA) is 50.4 Å². The maximum Gasteiger partial charge on any atom is 0.241 e. The molecule has 1 fully saturated rings. The smallest absolute Gasteiger partial charge is 0.241 e. The van der Waals surface area contributed by atoms with E-state index in [1.807, 2.05) is 25.1 Å². The average molecular weight is 313 g/mol. The van der Waals surface area contributed by atoms with Crippen LogP contribution >= 0.6 is 15.9 Å². The fourth-order valence-corrected chi connectivity index (χ4v) is 2.62. The monoisotopic (exact) mass is 312 g/mol. The van der Waals surface area contributed by atoms with E-state index >= 15 is 0 Å². The SMILES string of the molecule is COC1CNC(C(=O)Nc2ccc(C)cc2Br)C1. The quantitative estimate of drug-likeness (QED) is 0.898. The Balaban J connectivity index is 1.99. The van der Waals surface area contributed by atoms with Crippen LogP contribution in [0.3, 0.4) is 0 Å². The number of aryl methyl sites for hydroxylation is 1. The van der Waals surface area contributed by atoms with E-state index in [-0.39, 0.29) is 18.1 Å². The normalized spacial score (nSPS) is 23.1. The van der Waals surface area contributed by atoms with Crippen LogP contribution in [0.15, 0.2) is 22.7 Å². The molecule has 1 aromatic carbocycles. The number of amides is 1. The number of hydrogen-bond donors (Lipinski definition) is 2. The van der Waals surface area contributed by atoms with Gasteiger partial charge in [-0.2, -0.15) is 0 Å². The lowest BCUT2D eigenvalue weighted by Crippen LogP contribution is -2.35. The lowest BCUT2D eigenvalue weighted by atomic mass is 10.1. The van der Waals surface area contributed by atoms with Gasteiger partial charge in [0.2, 0.25) is 5.91 Å². The van der Waals surface area contributed by atoms with Crippen molar-refractivity contribution in [2.45, 2.75) is 25.5 Å². The number of ether oxygens (including phenoxy) is 1. The van der Waals surface area contributed by atoms with Gasteiger partial charge in [0.25, 0.3) is 0 Å². The maximum atomic E-state index is 12.1. The predicted molar refractivity (Wildman–Crippen MR) is 74.7 cm³/mol. The Morgan fingerprint density at radius 2 is 2.33 bits per heavy atom. The number of anilines is 1. The third-order valence-corrected chi connectivity index (χ3v) is 3.78. The molecule has 98 valence electrons. The number of halogens is 1. The van der Waals surface area contributed by atoms with Crippen LogP contribution in [0.1, 0.15) is 12.0 Å². The van der Waals surface area contributed by atoms with E-state index in [0.29, 0.717) is 6.42 Å². The van der Waals surface area contributed by atoms with Crippen molar-refractivity contribution in [3.63, 3.8) is 0 Å². The second kappa shape index (κ2) is 5.82. The molecule has 1 aliphatic heterocycles. The Bertz CT molecular complexity index is 451. The summed E-state index contributed by atoms with van der Waals surface area (Å²) in [6.07, 6.45) is 0.841. The summed E-state index contributed by atoms with van der Waals surface area (Å²) in [5.74, 6) is -0.0147. The summed E-state index contributed by atoms with van der Waals surface area (Å²) in [5, 5.41) is 6.08. The van der Waals surface area contributed by atoms with Crippen molar-refractivity contribution in [2.24, 2.45) is 0 Å². The zero-order valence-electron chi connectivity index (χ0n) is 10.5. The van der Waals surface area contributed by atoms with Gasteiger partial charge in [0, 0.05) is 18.1 Å². The predicted octanol–water partition coefficient (Wildman–Crippen LogP) is 2.07. The highest BCUT2D eigenvalue weighted by Gasteiger charge is 2.29. The molecule has 0 bridgehead atoms. The fourth-order valence-electron chi connectivity index (χ4n) is 2.02. The molecule has 0 aromatic heterocycles. The van der Waals surface area contributed by atoms with Gasteiger partial charge in [0.1, 0.15) is 0 Å². The third kappa shape index (κ3) is 3.10. The molecule has 1 aromatic rings. The molecule has 1 aliphatic rings. The molecular formula is C13H17BrN2O2. The van der Waals surface area contributed by atoms with E-state index in [4.69, 9.17) is 4.74 Å². The number of methoxy groups -OCH3 is 1. The molecule has 0 spiro atoms. The third-order valence-electron chi connectivity index (χ3n) is 3.12. The minimum absolute atomic E-state index is 0.0147. The lowest BCUT2D eigenvalue weighted by molar-refractivity contribution is -0.118. The summed E-state index contributed by atoms with van der Waals surface area (Å²) in [4.78, 5) is 12.1. The number of hydrogen-bond acceptors (Lipinski definition) is 3. The van der Waals surface area contributed by atoms with Crippen molar-refractivity contribution in [2.75, 3.05) is 19.0 Å². The van der Waals surface area contributed by atoms with Crippen LogP contribution in [0.4, 0.5) is 5.69 Å². The van der Waals surface area contributed by atoms with Crippen LogP contribution in [0, 0.1) is 6.92 Å². The first kappa shape index (κ1) is 13.5. The van der Waals surface area contributed by atoms with E-state index in [0.717, 1.165) is 22.3 Å². The fraction of sp³-hybridized carbons (Fsp3) is 0.462. The number of carbonyl (C=O) groups excluding carboxylic acids is 1. The van der Waals surface area contributed by atoms with Crippen LogP contribution in [-0.4, -0.2) is 31.7 Å². The zero-order valence-corrected chi connectivity index (χ0v) is 12.1. The molecule has 0 radical (unpaired) electrons. The summed E-state index contributed by atoms with van der Waals surface area (Å²) < 4.78 is 6.13. The van der Waals surface area contributed by atoms with Crippen molar-refractivity contribution in [1.29, 1.82) is 0 Å². The van der Waals surface area contributed by atoms with Crippen molar-refractivity contribution < 1.29 is 9.53 Å². The summed E-state index contributed by atoms with van der Waals surface area (Å²) >= 11 is 3.45. The van der Waals surface area contributed by atoms with Gasteiger partial charge in [-0.05, 0) is 47.0 Å². The number of nitrogens with one attached hydrogen (secondary N) is 2. The zero-order chi connectivity index (χ0) is 13.1. The number of carbonyl (C=O) groups is 1. The molecule has 1 amide bonds. The van der Waals surface area contributed by atoms with Gasteiger partial charge in [-0.3, -0.25) is 4.79 Å². The molecule has 2 N–H and O–H groups in total. The van der Waals surface area contributed by atoms with Gasteiger partial charge < -0.3 is 15.4 Å². The molecule has 0 saturated carbocycles. The van der Waals surface area contributed by atoms with Gasteiger partial charge >= 0.3 is 0 Å². The largest absolute Gasteiger partial charge is 0.380 e. The molecule has 1 heterocycles. The highest BCUT2D eigenvalue weighted by Crippen LogP contribution is 2.24. The Hall–Kier alpha value is -0.910. The maximum absolute atomic E-state index is 12.1. The van der Waals surface area contributed by atoms with Crippen molar-refractivity contribution in [3.8, 4) is 0 Å². The summed E-state index contributed by atoms with van der Waals surface area (Å²) in [5.41, 5.74) is 1.95. The van der Waals surface area contributed by atoms with Crippen molar-refractivity contribution in [1.82, 2.24) is 5.32 Å². The van der Waals surface area contributed by atoms with Crippen LogP contribution in [0.25, 0.3) is 0 Å². The molecule has 2 atom stereocenters. The Labute approximate surface area is 115 Å². The van der Waals surface area contributed by atoms with E-state index in [1.54, 1.807) is 7.11 Å². The Morgan fingerprint density at radius 1 is 1.56 bits per heavy atom. The molecule has 5 heteroatoms. The minimum atomic E-state index is -0.178. The van der Waals surface area contributed by atoms with Crippen molar-refractivity contribution >= 4 is 27.5 Å². The average Bonchev–Trinajstić information content (AvgIpc) is 2.81. The van der Waals surface area contributed by atoms with Gasteiger partial charge in [0.05, 0.1) is 17.8 Å². The molecule has 18 heavy (non-hydrogen) atoms. The highest BCUT2D eigenvalue weighted by atomic mass is 79.9. The summed E-state index contributed by atoms with van der Waals surface area (Å²) in [7, 11) is 1.67. The van der Waals surface area contributed by atoms with Crippen LogP contribution in [0.5, 0.6) is 0 Å². The van der Waals surface area contributed by atoms with Gasteiger partial charge in [-0.1, -0.05) is 6.07 Å². The van der Waals surface area contributed by atoms with Gasteiger partial charge in [-0.15, -0.1) is 0 Å². The van der Waals surface area contributed by atoms with Crippen LogP contribution in [-0.2, 0) is 9.53 Å². The second-order valence-electron chi connectivity index (χ2n) is 4.53. The van der Waals surface area contributed by atoms with E-state index < -0.39 is 0 Å². The highest BCUT2D eigenvalue weighted by molar-refractivity contribution is 9.10. The first-order valence-corrected chi connectivity index (χ1v) is 6.72. The molecular weight excluding hydrogens is 296 g/mol. The lowest BCUT2D eigenvalue weighted by Gasteiger charge is -2.12. The standard InChI is InChI=1S/C13H17BrN2O2/c1-8-3-4-11(10(14)5-8)16-13(17)12-6-9(18-2)7-15-12/h3-5,9,12,15H,6-7H2,1-2H3,(H,16,17). The molecule has 2 unspecified atom stereocenters. The summed E-state index contributed by atoms with van der Waals surface area (Å²) in [6.45, 7) is 2.74. The van der Waals surface area contributed by atoms with Crippen LogP contribution in [0.2, 0.25) is 0 Å². The first-order chi connectivity index (χ1) is 8.60. The molecule has 2 rings (SSSR count). The minimum Gasteiger partial charge on any atom is -0.380 e. The Kier molecular flexibility index (Phi) is 4.37. The van der Waals surface area contributed by atoms with Crippen molar-refractivity contribution in [3.05, 3.63) is 28.2 Å². The number of rotatable bonds is 3. The van der Waals surface area contributed by atoms with E-state index in [2.05, 4.69) is 26.6 Å². The number of benzene rings is 1. The molecule has 0 aliphatic carbocycles. The van der Waals surface area contributed by atoms with E-state index in [1.165, 1.54) is 0 Å². The second-order valence-corrected chi connectivity index (χ2v) is 5.38. The van der Waals surface area contributed by atoms with Gasteiger partial charge in [0.15, 0.2) is 0 Å². The molecule has 1 saturated heterocycles. The molecule has 4 nitrogen and oxygen atoms in total. The summed E-state index contributed by atoms with van der Waals surface area (Å²) in [6, 6.07) is 5.68. The van der Waals surface area contributed by atoms with E-state index in [9.17, 15) is 4.79 Å². The first-order valence-electron chi connectivity index (χ1n) is 5.93.